The van der Waals surface area contributed by atoms with Gasteiger partial charge in [0.25, 0.3) is 0 Å². The van der Waals surface area contributed by atoms with E-state index in [4.69, 9.17) is 45.9 Å². The molecule has 2 aromatic rings. The van der Waals surface area contributed by atoms with Gasteiger partial charge >= 0.3 is 0 Å². The van der Waals surface area contributed by atoms with Crippen molar-refractivity contribution in [3.05, 3.63) is 36.0 Å². The number of rotatable bonds is 30. The molecule has 0 bridgehead atoms. The number of para-hydroxylation sites is 1. The van der Waals surface area contributed by atoms with Crippen LogP contribution in [-0.2, 0) is 87.9 Å². The smallest absolute Gasteiger partial charge is 0.244 e. The van der Waals surface area contributed by atoms with E-state index in [1.54, 1.807) is 85.9 Å². The molecule has 0 saturated carbocycles. The van der Waals surface area contributed by atoms with Crippen LogP contribution < -0.4 is 120 Å². The minimum atomic E-state index is -1.78. The highest BCUT2D eigenvalue weighted by Crippen LogP contribution is 2.25. The van der Waals surface area contributed by atoms with Crippen LogP contribution >= 0.6 is 21.6 Å². The van der Waals surface area contributed by atoms with Crippen LogP contribution in [0.1, 0.15) is 164 Å². The van der Waals surface area contributed by atoms with Crippen molar-refractivity contribution in [3.63, 3.8) is 0 Å². The summed E-state index contributed by atoms with van der Waals surface area (Å²) < 4.78 is 0. The molecule has 2 heterocycles. The van der Waals surface area contributed by atoms with E-state index in [9.17, 15) is 76.7 Å². The molecule has 660 valence electrons. The number of unbranched alkanes of at least 4 members (excludes halogenated alkanes) is 2. The Labute approximate surface area is 694 Å². The lowest BCUT2D eigenvalue weighted by Crippen LogP contribution is -2.61. The molecule has 1 aliphatic heterocycles. The number of benzene rings is 1. The first-order valence-electron chi connectivity index (χ1n) is 39.7. The Bertz CT molecular complexity index is 3770. The number of H-pyrrole nitrogens is 1. The third kappa shape index (κ3) is 36.6. The lowest BCUT2D eigenvalue weighted by Gasteiger charge is -2.30. The number of amides is 17. The Kier molecular flexibility index (Phi) is 45.8. The molecule has 31 N–H and O–H groups in total. The van der Waals surface area contributed by atoms with Gasteiger partial charge in [0.2, 0.25) is 100 Å². The molecule has 0 aliphatic carbocycles. The Morgan fingerprint density at radius 3 is 1.45 bits per heavy atom. The van der Waals surface area contributed by atoms with Crippen LogP contribution in [0.3, 0.4) is 0 Å². The molecule has 0 spiro atoms. The van der Waals surface area contributed by atoms with Crippen molar-refractivity contribution < 1.29 is 81.5 Å². The van der Waals surface area contributed by atoms with Gasteiger partial charge in [0.15, 0.2) is 5.96 Å². The maximum atomic E-state index is 15.1. The zero-order valence-electron chi connectivity index (χ0n) is 68.8. The largest absolute Gasteiger partial charge is 0.370 e. The van der Waals surface area contributed by atoms with Crippen LogP contribution in [0, 0.1) is 23.7 Å². The number of hydrogen-bond donors (Lipinski definition) is 23. The van der Waals surface area contributed by atoms with E-state index in [0.717, 1.165) is 28.5 Å². The fraction of sp³-hybridized carbons (Fsp3) is 0.653. The fourth-order valence-corrected chi connectivity index (χ4v) is 14.7. The van der Waals surface area contributed by atoms with E-state index in [2.05, 4.69) is 84.4 Å². The van der Waals surface area contributed by atoms with Crippen molar-refractivity contribution in [1.82, 2.24) is 79.4 Å². The number of aromatic amines is 1. The minimum Gasteiger partial charge on any atom is -0.370 e. The van der Waals surface area contributed by atoms with Gasteiger partial charge in [0.1, 0.15) is 78.5 Å². The standard InChI is InChI=1S/C75H126N24O17S2/c1-10-41(8)61-74(116)92-47(21-13-15-27-76)65(107)90-50(25-26-56(79)101)67(109)96-54(62(81)104)36-117-118-37-55(87-42(9)100)71(113)89-49(24-18-30-84-75(82)83)66(108)94-52(32-43-34-85-45-20-12-11-19-44(43)45)70(112)98-59(39(4)5)72(114)91-48(22-14-16-28-77)68(110)97-60(40(6)7)73(115)95-53(33-57(80)102)63(105)86-35-58(103)88-46(23-17-29-78)64(106)93-51(31-38(2)3)69(111)99-61/h11-12,19-20,34,38-41,46-55,59-61,85H,10,13-18,21-33,35-37,76-78H2,1-9H3,(H2,79,101)(H2,80,102)(H2,81,104)(H,86,105)(H,87,100)(H,88,103)(H,89,113)(H,90,107)(H,91,114)(H,92,116)(H,93,106)(H,94,108)(H,95,115)(H,96,109)(H,97,110)(H,98,112)(H,99,111)(H4,82,83,84)/t41-,46-,47-,48-,49-,50-,51-,52-,53-,54-,55-,59-,60-,61-/m0/s1. The van der Waals surface area contributed by atoms with E-state index < -0.39 is 223 Å². The summed E-state index contributed by atoms with van der Waals surface area (Å²) in [5, 5.41) is 37.1. The average Bonchev–Trinajstić information content (AvgIpc) is 1.61. The quantitative estimate of drug-likeness (QED) is 0.0150. The molecule has 0 radical (unpaired) electrons. The second-order valence-corrected chi connectivity index (χ2v) is 32.8. The highest BCUT2D eigenvalue weighted by atomic mass is 33.1. The second kappa shape index (κ2) is 53.1. The molecule has 0 unspecified atom stereocenters. The zero-order chi connectivity index (χ0) is 88.5. The van der Waals surface area contributed by atoms with E-state index in [1.807, 2.05) is 0 Å². The monoisotopic (exact) mass is 1700 g/mol. The van der Waals surface area contributed by atoms with Gasteiger partial charge in [-0.2, -0.15) is 0 Å². The van der Waals surface area contributed by atoms with Crippen LogP contribution in [0.15, 0.2) is 35.5 Å². The van der Waals surface area contributed by atoms with Crippen molar-refractivity contribution in [2.45, 2.75) is 244 Å². The molecule has 3 rings (SSSR count). The third-order valence-corrected chi connectivity index (χ3v) is 21.5. The highest BCUT2D eigenvalue weighted by Gasteiger charge is 2.40. The zero-order valence-corrected chi connectivity index (χ0v) is 70.4. The Hall–Kier alpha value is -10.4. The summed E-state index contributed by atoms with van der Waals surface area (Å²) in [5.41, 5.74) is 46.9. The van der Waals surface area contributed by atoms with Crippen LogP contribution in [0.5, 0.6) is 0 Å². The number of fused-ring (bicyclic) bond motifs is 1. The lowest BCUT2D eigenvalue weighted by molar-refractivity contribution is -0.137. The summed E-state index contributed by atoms with van der Waals surface area (Å²) in [4.78, 5) is 246. The first-order chi connectivity index (χ1) is 55.7. The summed E-state index contributed by atoms with van der Waals surface area (Å²) in [7, 11) is 1.83. The van der Waals surface area contributed by atoms with Gasteiger partial charge in [-0.15, -0.1) is 0 Å². The van der Waals surface area contributed by atoms with Crippen LogP contribution in [0.25, 0.3) is 10.9 Å². The van der Waals surface area contributed by atoms with Gasteiger partial charge in [-0.1, -0.05) is 102 Å². The number of nitrogens with two attached hydrogens (primary N) is 8. The maximum absolute atomic E-state index is 15.1. The number of primary amides is 3. The number of nitrogens with one attached hydrogen (secondary N) is 15. The predicted molar refractivity (Wildman–Crippen MR) is 445 cm³/mol. The van der Waals surface area contributed by atoms with Crippen molar-refractivity contribution >= 4 is 139 Å². The number of guanidine groups is 1. The molecule has 1 aromatic carbocycles. The predicted octanol–water partition coefficient (Wildman–Crippen LogP) is -5.38. The first kappa shape index (κ1) is 102. The molecule has 1 aromatic heterocycles. The number of aliphatic imine (C=N–C) groups is 1. The maximum Gasteiger partial charge on any atom is 0.244 e. The Morgan fingerprint density at radius 2 is 0.932 bits per heavy atom. The van der Waals surface area contributed by atoms with Gasteiger partial charge in [0.05, 0.1) is 13.0 Å². The molecule has 118 heavy (non-hydrogen) atoms. The van der Waals surface area contributed by atoms with Gasteiger partial charge in [-0.05, 0) is 132 Å². The Balaban J connectivity index is 2.29. The van der Waals surface area contributed by atoms with E-state index in [-0.39, 0.29) is 120 Å². The SMILES string of the molecule is CC[C@H](C)[C@@H]1NC(=O)[C@H](CC(C)C)NC(=O)[C@H](CCCN)NC(=O)CNC(=O)[C@H](CC(N)=O)NC(=O)[C@H](C(C)C)NC(=O)[C@H](CCCCN)NC(=O)[C@H](C(C)C)NC(=O)[C@H](Cc2c[nH]c3ccccc23)NC(=O)[C@H](CCCN=C(N)N)NC(=O)[C@@H](NC(C)=O)CSSC[C@@H](C(N)=O)NC(=O)[C@H](CCC(N)=O)NC(=O)[C@H](CCCCN)NC1=O. The van der Waals surface area contributed by atoms with Crippen molar-refractivity contribution in [3.8, 4) is 0 Å². The number of hydrogen-bond acceptors (Lipinski definition) is 23. The van der Waals surface area contributed by atoms with Crippen molar-refractivity contribution in [1.29, 1.82) is 0 Å². The lowest BCUT2D eigenvalue weighted by atomic mass is 9.96. The van der Waals surface area contributed by atoms with Crippen LogP contribution in [0.4, 0.5) is 0 Å². The molecule has 1 saturated heterocycles. The molecule has 1 fully saturated rings. The number of carbonyl (C=O) groups is 17. The van der Waals surface area contributed by atoms with Crippen LogP contribution in [-0.4, -0.2) is 234 Å². The molecule has 17 amide bonds. The van der Waals surface area contributed by atoms with Crippen molar-refractivity contribution in [2.75, 3.05) is 44.2 Å². The number of carbonyl (C=O) groups excluding carboxylic acids is 17. The van der Waals surface area contributed by atoms with E-state index in [0.29, 0.717) is 29.3 Å². The van der Waals surface area contributed by atoms with E-state index in [1.165, 1.54) is 0 Å². The summed E-state index contributed by atoms with van der Waals surface area (Å²) >= 11 is 0. The highest BCUT2D eigenvalue weighted by molar-refractivity contribution is 8.76. The number of aromatic nitrogens is 1. The second-order valence-electron chi connectivity index (χ2n) is 30.2. The van der Waals surface area contributed by atoms with Crippen molar-refractivity contribution in [2.24, 2.45) is 74.5 Å². The molecular weight excluding hydrogens is 1570 g/mol. The average molecular weight is 1700 g/mol. The van der Waals surface area contributed by atoms with E-state index >= 15 is 4.79 Å². The molecule has 41 nitrogen and oxygen atoms in total. The molecule has 43 heteroatoms. The summed E-state index contributed by atoms with van der Waals surface area (Å²) in [5.74, 6) is -19.2. The summed E-state index contributed by atoms with van der Waals surface area (Å²) in [6.07, 6.45) is 0.904. The first-order valence-corrected chi connectivity index (χ1v) is 42.2. The van der Waals surface area contributed by atoms with Gasteiger partial charge in [-0.3, -0.25) is 86.5 Å². The number of nitrogens with zero attached hydrogens (tertiary/aromatic N) is 1. The minimum absolute atomic E-state index is 0.0205. The van der Waals surface area contributed by atoms with Crippen LogP contribution in [0.2, 0.25) is 0 Å². The molecule has 1 aliphatic rings. The molecule has 14 atom stereocenters. The summed E-state index contributed by atoms with van der Waals surface area (Å²) in [6, 6.07) is -12.3. The van der Waals surface area contributed by atoms with Gasteiger partial charge in [-0.25, -0.2) is 0 Å². The fourth-order valence-electron chi connectivity index (χ4n) is 12.4. The van der Waals surface area contributed by atoms with Gasteiger partial charge < -0.3 is 125 Å². The topological polar surface area (TPSA) is 695 Å². The third-order valence-electron chi connectivity index (χ3n) is 19.1. The normalized spacial score (nSPS) is 24.3. The Morgan fingerprint density at radius 1 is 0.483 bits per heavy atom. The summed E-state index contributed by atoms with van der Waals surface area (Å²) in [6.45, 7) is 13.8. The van der Waals surface area contributed by atoms with Gasteiger partial charge in [0, 0.05) is 54.9 Å². The molecular formula is C75H126N24O17S2.